The largest absolute Gasteiger partial charge is 0.328 e. The normalized spacial score (nSPS) is 13.4. The van der Waals surface area contributed by atoms with Crippen LogP contribution in [-0.4, -0.2) is 15.5 Å². The molecule has 4 heteroatoms. The monoisotopic (exact) mass is 297 g/mol. The minimum Gasteiger partial charge on any atom is -0.328 e. The summed E-state index contributed by atoms with van der Waals surface area (Å²) in [5.74, 6) is 1.39. The van der Waals surface area contributed by atoms with Crippen molar-refractivity contribution in [2.45, 2.75) is 46.1 Å². The molecule has 1 aliphatic rings. The molecule has 0 unspecified atom stereocenters. The van der Waals surface area contributed by atoms with Crippen molar-refractivity contribution >= 4 is 11.6 Å². The fourth-order valence-electron chi connectivity index (χ4n) is 3.12. The van der Waals surface area contributed by atoms with Crippen LogP contribution in [0.5, 0.6) is 0 Å². The van der Waals surface area contributed by atoms with Crippen LogP contribution in [0.4, 0.5) is 5.69 Å². The second-order valence-electron chi connectivity index (χ2n) is 5.89. The first-order chi connectivity index (χ1) is 10.7. The first kappa shape index (κ1) is 14.8. The maximum absolute atomic E-state index is 12.1. The number of fused-ring (bicyclic) bond motifs is 1. The minimum atomic E-state index is 0.0952. The van der Waals surface area contributed by atoms with Gasteiger partial charge in [0.25, 0.3) is 0 Å². The highest BCUT2D eigenvalue weighted by Gasteiger charge is 2.17. The maximum atomic E-state index is 12.1. The molecule has 1 amide bonds. The average Bonchev–Trinajstić information content (AvgIpc) is 3.12. The van der Waals surface area contributed by atoms with Crippen molar-refractivity contribution in [3.63, 3.8) is 0 Å². The summed E-state index contributed by atoms with van der Waals surface area (Å²) < 4.78 is 2.29. The van der Waals surface area contributed by atoms with Gasteiger partial charge in [0, 0.05) is 24.6 Å². The third-order valence-electron chi connectivity index (χ3n) is 4.52. The van der Waals surface area contributed by atoms with Gasteiger partial charge in [-0.25, -0.2) is 4.98 Å². The van der Waals surface area contributed by atoms with E-state index in [1.54, 1.807) is 0 Å². The van der Waals surface area contributed by atoms with Crippen molar-refractivity contribution in [3.8, 4) is 11.3 Å². The van der Waals surface area contributed by atoms with E-state index in [1.165, 1.54) is 17.9 Å². The summed E-state index contributed by atoms with van der Waals surface area (Å²) in [5, 5.41) is 3.01. The van der Waals surface area contributed by atoms with E-state index in [0.717, 1.165) is 37.1 Å². The van der Waals surface area contributed by atoms with Gasteiger partial charge in [-0.15, -0.1) is 0 Å². The van der Waals surface area contributed by atoms with Gasteiger partial charge >= 0.3 is 0 Å². The molecule has 116 valence electrons. The number of hydrogen-bond donors (Lipinski definition) is 1. The Balaban J connectivity index is 1.74. The Morgan fingerprint density at radius 2 is 2.00 bits per heavy atom. The molecule has 0 radical (unpaired) electrons. The summed E-state index contributed by atoms with van der Waals surface area (Å²) in [7, 11) is 0. The third kappa shape index (κ3) is 2.78. The summed E-state index contributed by atoms with van der Waals surface area (Å²) in [6.07, 6.45) is 5.96. The van der Waals surface area contributed by atoms with E-state index >= 15 is 0 Å². The van der Waals surface area contributed by atoms with E-state index in [4.69, 9.17) is 0 Å². The second kappa shape index (κ2) is 6.34. The van der Waals surface area contributed by atoms with E-state index in [9.17, 15) is 4.79 Å². The number of rotatable bonds is 5. The number of carbonyl (C=O) groups excluding carboxylic acids is 1. The zero-order chi connectivity index (χ0) is 15.5. The number of aryl methyl sites for hydroxylation is 1. The highest BCUT2D eigenvalue weighted by Crippen LogP contribution is 2.26. The van der Waals surface area contributed by atoms with Crippen molar-refractivity contribution in [3.05, 3.63) is 36.3 Å². The lowest BCUT2D eigenvalue weighted by Crippen LogP contribution is -2.21. The molecule has 2 heterocycles. The number of imidazole rings is 1. The number of amides is 1. The topological polar surface area (TPSA) is 46.9 Å². The van der Waals surface area contributed by atoms with Gasteiger partial charge in [0.2, 0.25) is 5.91 Å². The van der Waals surface area contributed by atoms with Crippen LogP contribution in [0.2, 0.25) is 0 Å². The van der Waals surface area contributed by atoms with Gasteiger partial charge in [0.05, 0.1) is 11.9 Å². The van der Waals surface area contributed by atoms with Gasteiger partial charge in [0.15, 0.2) is 0 Å². The number of aromatic nitrogens is 2. The summed E-state index contributed by atoms with van der Waals surface area (Å²) >= 11 is 0. The molecule has 0 fully saturated rings. The van der Waals surface area contributed by atoms with Gasteiger partial charge in [-0.3, -0.25) is 4.79 Å². The van der Waals surface area contributed by atoms with E-state index in [0.29, 0.717) is 0 Å². The summed E-state index contributed by atoms with van der Waals surface area (Å²) in [6, 6.07) is 8.07. The molecule has 0 saturated heterocycles. The van der Waals surface area contributed by atoms with Gasteiger partial charge < -0.3 is 9.88 Å². The highest BCUT2D eigenvalue weighted by atomic mass is 16.1. The van der Waals surface area contributed by atoms with Crippen LogP contribution < -0.4 is 5.32 Å². The zero-order valence-corrected chi connectivity index (χ0v) is 13.3. The van der Waals surface area contributed by atoms with Crippen LogP contribution in [0, 0.1) is 5.92 Å². The van der Waals surface area contributed by atoms with Crippen LogP contribution in [0.3, 0.4) is 0 Å². The summed E-state index contributed by atoms with van der Waals surface area (Å²) in [5.41, 5.74) is 3.19. The minimum absolute atomic E-state index is 0.0952. The molecule has 1 aromatic heterocycles. The van der Waals surface area contributed by atoms with E-state index < -0.39 is 0 Å². The molecule has 0 bridgehead atoms. The zero-order valence-electron chi connectivity index (χ0n) is 13.3. The Morgan fingerprint density at radius 1 is 1.27 bits per heavy atom. The third-order valence-corrected chi connectivity index (χ3v) is 4.52. The molecule has 1 N–H and O–H groups in total. The number of hydrogen-bond acceptors (Lipinski definition) is 2. The molecule has 22 heavy (non-hydrogen) atoms. The fourth-order valence-corrected chi connectivity index (χ4v) is 3.12. The van der Waals surface area contributed by atoms with E-state index in [-0.39, 0.29) is 11.8 Å². The molecule has 0 saturated carbocycles. The second-order valence-corrected chi connectivity index (χ2v) is 5.89. The molecule has 2 aromatic rings. The van der Waals surface area contributed by atoms with Gasteiger partial charge in [-0.2, -0.15) is 0 Å². The Morgan fingerprint density at radius 3 is 2.68 bits per heavy atom. The SMILES string of the molecule is CCC(CC)C(=O)Nc1ccc(-c2cnc3n2CCC3)cc1. The van der Waals surface area contributed by atoms with E-state index in [1.807, 2.05) is 18.3 Å². The summed E-state index contributed by atoms with van der Waals surface area (Å²) in [4.78, 5) is 16.6. The van der Waals surface area contributed by atoms with Crippen LogP contribution in [0.15, 0.2) is 30.5 Å². The number of nitrogens with one attached hydrogen (secondary N) is 1. The Labute approximate surface area is 131 Å². The average molecular weight is 297 g/mol. The number of carbonyl (C=O) groups is 1. The molecule has 3 rings (SSSR count). The standard InChI is InChI=1S/C18H23N3O/c1-3-13(4-2)18(22)20-15-9-7-14(8-10-15)16-12-19-17-6-5-11-21(16)17/h7-10,12-13H,3-6,11H2,1-2H3,(H,20,22). The Hall–Kier alpha value is -2.10. The van der Waals surface area contributed by atoms with Crippen LogP contribution in [-0.2, 0) is 17.8 Å². The predicted octanol–water partition coefficient (Wildman–Crippen LogP) is 3.87. The lowest BCUT2D eigenvalue weighted by Gasteiger charge is -2.13. The molecule has 0 aliphatic carbocycles. The van der Waals surface area contributed by atoms with E-state index in [2.05, 4.69) is 40.8 Å². The van der Waals surface area contributed by atoms with Gasteiger partial charge in [-0.1, -0.05) is 26.0 Å². The fraction of sp³-hybridized carbons (Fsp3) is 0.444. The number of benzene rings is 1. The quantitative estimate of drug-likeness (QED) is 0.910. The number of nitrogens with zero attached hydrogens (tertiary/aromatic N) is 2. The first-order valence-electron chi connectivity index (χ1n) is 8.18. The molecular weight excluding hydrogens is 274 g/mol. The molecular formula is C18H23N3O. The van der Waals surface area contributed by atoms with Gasteiger partial charge in [-0.05, 0) is 37.0 Å². The van der Waals surface area contributed by atoms with Crippen molar-refractivity contribution in [2.24, 2.45) is 5.92 Å². The first-order valence-corrected chi connectivity index (χ1v) is 8.18. The molecule has 1 aromatic carbocycles. The highest BCUT2D eigenvalue weighted by molar-refractivity contribution is 5.92. The maximum Gasteiger partial charge on any atom is 0.227 e. The predicted molar refractivity (Wildman–Crippen MR) is 88.7 cm³/mol. The molecule has 0 atom stereocenters. The Bertz CT molecular complexity index is 653. The smallest absolute Gasteiger partial charge is 0.227 e. The number of anilines is 1. The van der Waals surface area contributed by atoms with Crippen molar-refractivity contribution < 1.29 is 4.79 Å². The van der Waals surface area contributed by atoms with Crippen LogP contribution in [0.25, 0.3) is 11.3 Å². The lowest BCUT2D eigenvalue weighted by atomic mass is 10.0. The van der Waals surface area contributed by atoms with Gasteiger partial charge in [0.1, 0.15) is 5.82 Å². The van der Waals surface area contributed by atoms with Crippen LogP contribution in [0.1, 0.15) is 38.9 Å². The molecule has 4 nitrogen and oxygen atoms in total. The molecule has 1 aliphatic heterocycles. The van der Waals surface area contributed by atoms with Crippen molar-refractivity contribution in [1.29, 1.82) is 0 Å². The van der Waals surface area contributed by atoms with Crippen LogP contribution >= 0.6 is 0 Å². The summed E-state index contributed by atoms with van der Waals surface area (Å²) in [6.45, 7) is 5.16. The van der Waals surface area contributed by atoms with Crippen molar-refractivity contribution in [2.75, 3.05) is 5.32 Å². The lowest BCUT2D eigenvalue weighted by molar-refractivity contribution is -0.120. The van der Waals surface area contributed by atoms with Crippen molar-refractivity contribution in [1.82, 2.24) is 9.55 Å². The molecule has 0 spiro atoms. The Kier molecular flexibility index (Phi) is 4.27.